The highest BCUT2D eigenvalue weighted by Crippen LogP contribution is 2.31. The number of fused-ring (bicyclic) bond motifs is 1. The highest BCUT2D eigenvalue weighted by molar-refractivity contribution is 5.91. The summed E-state index contributed by atoms with van der Waals surface area (Å²) >= 11 is 0. The number of hydrazine groups is 1. The number of hydrogen-bond donors (Lipinski definition) is 1. The fourth-order valence-electron chi connectivity index (χ4n) is 5.09. The van der Waals surface area contributed by atoms with Crippen molar-refractivity contribution in [2.45, 2.75) is 78.0 Å². The number of carbonyl (C=O) groups excluding carboxylic acids is 3. The Bertz CT molecular complexity index is 931. The van der Waals surface area contributed by atoms with Crippen molar-refractivity contribution >= 4 is 17.8 Å². The molecule has 8 heteroatoms. The predicted octanol–water partition coefficient (Wildman–Crippen LogP) is 3.44. The number of urea groups is 1. The Kier molecular flexibility index (Phi) is 10.2. The van der Waals surface area contributed by atoms with Crippen LogP contribution >= 0.6 is 0 Å². The molecule has 2 aliphatic heterocycles. The lowest BCUT2D eigenvalue weighted by Crippen LogP contribution is -2.77. The third-order valence-electron chi connectivity index (χ3n) is 7.24. The van der Waals surface area contributed by atoms with Gasteiger partial charge >= 0.3 is 6.03 Å². The van der Waals surface area contributed by atoms with Crippen molar-refractivity contribution in [3.8, 4) is 12.3 Å². The summed E-state index contributed by atoms with van der Waals surface area (Å²) in [5.74, 6) is 2.38. The average Bonchev–Trinajstić information content (AvgIpc) is 2.88. The minimum atomic E-state index is -0.595. The Morgan fingerprint density at radius 1 is 1.14 bits per heavy atom. The van der Waals surface area contributed by atoms with E-state index >= 15 is 0 Å². The van der Waals surface area contributed by atoms with Gasteiger partial charge in [0.15, 0.2) is 0 Å². The topological polar surface area (TPSA) is 76.2 Å². The van der Waals surface area contributed by atoms with E-state index in [1.165, 1.54) is 6.42 Å². The summed E-state index contributed by atoms with van der Waals surface area (Å²) < 4.78 is 0. The summed E-state index contributed by atoms with van der Waals surface area (Å²) in [5.41, 5.74) is 0.976. The van der Waals surface area contributed by atoms with E-state index in [1.807, 2.05) is 49.1 Å². The number of rotatable bonds is 11. The summed E-state index contributed by atoms with van der Waals surface area (Å²) in [4.78, 5) is 44.0. The van der Waals surface area contributed by atoms with Gasteiger partial charge in [0.1, 0.15) is 12.2 Å². The van der Waals surface area contributed by atoms with Gasteiger partial charge in [0.25, 0.3) is 0 Å². The standard InChI is InChI=1S/C28H41N5O3/c1-5-8-9-10-14-18-30-20-24-32(26(27(30)35)22(4)7-3)25(34)21-31(17-6-2)33(24)28(36)29-19-23-15-12-11-13-16-23/h2,11-13,15-16,22,24,26H,5,7-10,14,17-21H2,1,3-4H3,(H,29,36)/t22?,24-,26-/m0/s1. The number of carbonyl (C=O) groups is 3. The first-order chi connectivity index (χ1) is 17.4. The van der Waals surface area contributed by atoms with Gasteiger partial charge in [-0.3, -0.25) is 9.59 Å². The van der Waals surface area contributed by atoms with Crippen LogP contribution in [0.5, 0.6) is 0 Å². The third-order valence-corrected chi connectivity index (χ3v) is 7.24. The Hall–Kier alpha value is -3.05. The second-order valence-electron chi connectivity index (χ2n) is 9.83. The van der Waals surface area contributed by atoms with Crippen LogP contribution in [0.15, 0.2) is 30.3 Å². The van der Waals surface area contributed by atoms with Gasteiger partial charge in [-0.15, -0.1) is 6.42 Å². The molecule has 2 saturated heterocycles. The van der Waals surface area contributed by atoms with Crippen molar-refractivity contribution in [2.75, 3.05) is 26.2 Å². The maximum absolute atomic E-state index is 13.6. The molecule has 1 N–H and O–H groups in total. The number of nitrogens with one attached hydrogen (secondary N) is 1. The van der Waals surface area contributed by atoms with Gasteiger partial charge in [0.05, 0.1) is 19.6 Å². The molecule has 2 heterocycles. The summed E-state index contributed by atoms with van der Waals surface area (Å²) in [5, 5.41) is 6.20. The Morgan fingerprint density at radius 3 is 2.53 bits per heavy atom. The first kappa shape index (κ1) is 27.5. The Morgan fingerprint density at radius 2 is 1.86 bits per heavy atom. The van der Waals surface area contributed by atoms with E-state index in [-0.39, 0.29) is 43.4 Å². The van der Waals surface area contributed by atoms with Crippen LogP contribution in [-0.2, 0) is 16.1 Å². The lowest BCUT2D eigenvalue weighted by molar-refractivity contribution is -0.192. The molecular weight excluding hydrogens is 454 g/mol. The molecule has 4 amide bonds. The average molecular weight is 496 g/mol. The molecule has 1 unspecified atom stereocenters. The highest BCUT2D eigenvalue weighted by atomic mass is 16.2. The molecule has 8 nitrogen and oxygen atoms in total. The normalized spacial score (nSPS) is 21.2. The van der Waals surface area contributed by atoms with Crippen LogP contribution < -0.4 is 5.32 Å². The number of piperazine rings is 1. The van der Waals surface area contributed by atoms with Crippen LogP contribution in [-0.4, -0.2) is 76.0 Å². The molecule has 3 atom stereocenters. The fraction of sp³-hybridized carbons (Fsp3) is 0.607. The number of amides is 4. The van der Waals surface area contributed by atoms with Crippen LogP contribution in [0.2, 0.25) is 0 Å². The molecule has 0 spiro atoms. The molecule has 0 bridgehead atoms. The van der Waals surface area contributed by atoms with E-state index in [4.69, 9.17) is 6.42 Å². The van der Waals surface area contributed by atoms with Crippen molar-refractivity contribution in [1.82, 2.24) is 25.1 Å². The Balaban J connectivity index is 1.86. The summed E-state index contributed by atoms with van der Waals surface area (Å²) in [7, 11) is 0. The highest BCUT2D eigenvalue weighted by Gasteiger charge is 2.52. The molecule has 0 radical (unpaired) electrons. The molecule has 36 heavy (non-hydrogen) atoms. The van der Waals surface area contributed by atoms with Crippen LogP contribution in [0.4, 0.5) is 4.79 Å². The first-order valence-electron chi connectivity index (χ1n) is 13.3. The zero-order valence-electron chi connectivity index (χ0n) is 22.0. The van der Waals surface area contributed by atoms with Crippen molar-refractivity contribution in [2.24, 2.45) is 5.92 Å². The van der Waals surface area contributed by atoms with Crippen LogP contribution in [0, 0.1) is 18.3 Å². The quantitative estimate of drug-likeness (QED) is 0.377. The fourth-order valence-corrected chi connectivity index (χ4v) is 5.09. The van der Waals surface area contributed by atoms with E-state index in [9.17, 15) is 14.4 Å². The second kappa shape index (κ2) is 13.3. The van der Waals surface area contributed by atoms with Crippen LogP contribution in [0.25, 0.3) is 0 Å². The lowest BCUT2D eigenvalue weighted by Gasteiger charge is -2.55. The zero-order valence-corrected chi connectivity index (χ0v) is 22.0. The van der Waals surface area contributed by atoms with Gasteiger partial charge in [-0.1, -0.05) is 89.1 Å². The van der Waals surface area contributed by atoms with Gasteiger partial charge in [-0.2, -0.15) is 5.01 Å². The predicted molar refractivity (Wildman–Crippen MR) is 140 cm³/mol. The second-order valence-corrected chi connectivity index (χ2v) is 9.83. The van der Waals surface area contributed by atoms with Crippen LogP contribution in [0.1, 0.15) is 64.9 Å². The van der Waals surface area contributed by atoms with E-state index < -0.39 is 12.2 Å². The SMILES string of the molecule is C#CCN1CC(=O)N2[C@@H](C(C)CC)C(=O)N(CCCCCCC)C[C@@H]2N1C(=O)NCc1ccccc1. The molecule has 0 aromatic heterocycles. The summed E-state index contributed by atoms with van der Waals surface area (Å²) in [6.45, 7) is 7.58. The molecule has 2 fully saturated rings. The monoisotopic (exact) mass is 495 g/mol. The largest absolute Gasteiger partial charge is 0.337 e. The molecule has 0 aliphatic carbocycles. The molecule has 1 aromatic carbocycles. The molecule has 3 rings (SSSR count). The zero-order chi connectivity index (χ0) is 26.1. The molecular formula is C28H41N5O3. The first-order valence-corrected chi connectivity index (χ1v) is 13.3. The molecule has 2 aliphatic rings. The number of hydrogen-bond acceptors (Lipinski definition) is 4. The van der Waals surface area contributed by atoms with E-state index in [0.29, 0.717) is 13.1 Å². The number of nitrogens with zero attached hydrogens (tertiary/aromatic N) is 4. The number of terminal acetylenes is 1. The van der Waals surface area contributed by atoms with E-state index in [0.717, 1.165) is 37.7 Å². The van der Waals surface area contributed by atoms with Gasteiger partial charge in [0.2, 0.25) is 11.8 Å². The molecule has 0 saturated carbocycles. The lowest BCUT2D eigenvalue weighted by atomic mass is 9.92. The Labute approximate surface area is 215 Å². The van der Waals surface area contributed by atoms with Crippen molar-refractivity contribution < 1.29 is 14.4 Å². The number of benzene rings is 1. The van der Waals surface area contributed by atoms with Gasteiger partial charge < -0.3 is 15.1 Å². The van der Waals surface area contributed by atoms with Crippen molar-refractivity contribution in [3.63, 3.8) is 0 Å². The molecule has 196 valence electrons. The molecule has 1 aromatic rings. The summed E-state index contributed by atoms with van der Waals surface area (Å²) in [6.07, 6.45) is 11.2. The van der Waals surface area contributed by atoms with Gasteiger partial charge in [-0.25, -0.2) is 9.80 Å². The maximum Gasteiger partial charge on any atom is 0.334 e. The number of unbranched alkanes of at least 4 members (excludes halogenated alkanes) is 4. The summed E-state index contributed by atoms with van der Waals surface area (Å²) in [6, 6.07) is 8.77. The van der Waals surface area contributed by atoms with E-state index in [2.05, 4.69) is 18.2 Å². The van der Waals surface area contributed by atoms with Gasteiger partial charge in [-0.05, 0) is 17.9 Å². The minimum absolute atomic E-state index is 0.0144. The van der Waals surface area contributed by atoms with Crippen LogP contribution in [0.3, 0.4) is 0 Å². The minimum Gasteiger partial charge on any atom is -0.337 e. The maximum atomic E-state index is 13.6. The third kappa shape index (κ3) is 6.38. The van der Waals surface area contributed by atoms with Gasteiger partial charge in [0, 0.05) is 13.1 Å². The van der Waals surface area contributed by atoms with E-state index in [1.54, 1.807) is 14.9 Å². The smallest absolute Gasteiger partial charge is 0.334 e. The van der Waals surface area contributed by atoms with Crippen molar-refractivity contribution in [3.05, 3.63) is 35.9 Å². The van der Waals surface area contributed by atoms with Crippen molar-refractivity contribution in [1.29, 1.82) is 0 Å².